The fraction of sp³-hybridized carbons (Fsp3) is 0.176. The van der Waals surface area contributed by atoms with Gasteiger partial charge in [0.2, 0.25) is 5.13 Å². The molecule has 0 aliphatic heterocycles. The number of nitrogens with zero attached hydrogens (tertiary/aromatic N) is 5. The summed E-state index contributed by atoms with van der Waals surface area (Å²) >= 11 is 1.47. The lowest BCUT2D eigenvalue weighted by Crippen LogP contribution is -1.98. The lowest BCUT2D eigenvalue weighted by molar-refractivity contribution is -0.384. The molecule has 0 saturated heterocycles. The smallest absolute Gasteiger partial charge is 0.269 e. The highest BCUT2D eigenvalue weighted by molar-refractivity contribution is 7.21. The van der Waals surface area contributed by atoms with Crippen molar-refractivity contribution in [3.63, 3.8) is 0 Å². The number of non-ortho nitro benzene ring substituents is 1. The Balaban J connectivity index is 1.72. The summed E-state index contributed by atoms with van der Waals surface area (Å²) in [6.07, 6.45) is 1.51. The predicted octanol–water partition coefficient (Wildman–Crippen LogP) is 5.51. The van der Waals surface area contributed by atoms with E-state index in [1.807, 2.05) is 31.2 Å². The zero-order valence-electron chi connectivity index (χ0n) is 14.0. The molecule has 3 aromatic rings. The van der Waals surface area contributed by atoms with Crippen LogP contribution in [0.25, 0.3) is 10.2 Å². The van der Waals surface area contributed by atoms with Crippen LogP contribution in [0.3, 0.4) is 0 Å². The molecule has 1 heterocycles. The Bertz CT molecular complexity index is 932. The van der Waals surface area contributed by atoms with Crippen LogP contribution in [0, 0.1) is 10.1 Å². The van der Waals surface area contributed by atoms with Crippen molar-refractivity contribution in [2.45, 2.75) is 19.8 Å². The number of aromatic nitrogens is 1. The van der Waals surface area contributed by atoms with Crippen molar-refractivity contribution in [2.24, 2.45) is 15.3 Å². The predicted molar refractivity (Wildman–Crippen MR) is 103 cm³/mol. The fourth-order valence-electron chi connectivity index (χ4n) is 2.14. The number of nitro groups is 1. The molecule has 0 aliphatic carbocycles. The summed E-state index contributed by atoms with van der Waals surface area (Å²) in [5, 5.41) is 23.9. The van der Waals surface area contributed by atoms with Crippen molar-refractivity contribution in [1.29, 1.82) is 0 Å². The van der Waals surface area contributed by atoms with E-state index in [2.05, 4.69) is 25.7 Å². The van der Waals surface area contributed by atoms with Crippen molar-refractivity contribution in [1.82, 2.24) is 4.98 Å². The lowest BCUT2D eigenvalue weighted by Gasteiger charge is -2.01. The van der Waals surface area contributed by atoms with Gasteiger partial charge in [0.25, 0.3) is 5.69 Å². The minimum Gasteiger partial charge on any atom is -0.277 e. The van der Waals surface area contributed by atoms with Gasteiger partial charge >= 0.3 is 0 Å². The molecule has 8 nitrogen and oxygen atoms in total. The monoisotopic (exact) mass is 368 g/mol. The number of hydrogen-bond acceptors (Lipinski definition) is 7. The second kappa shape index (κ2) is 8.26. The third kappa shape index (κ3) is 4.45. The summed E-state index contributed by atoms with van der Waals surface area (Å²) in [5.41, 5.74) is 4.42. The fourth-order valence-corrected chi connectivity index (χ4v) is 2.93. The summed E-state index contributed by atoms with van der Waals surface area (Å²) in [6, 6.07) is 13.8. The van der Waals surface area contributed by atoms with Crippen molar-refractivity contribution >= 4 is 43.9 Å². The quantitative estimate of drug-likeness (QED) is 0.203. The summed E-state index contributed by atoms with van der Waals surface area (Å²) < 4.78 is 1.06. The molecule has 132 valence electrons. The van der Waals surface area contributed by atoms with Gasteiger partial charge in [-0.15, -0.1) is 10.2 Å². The molecule has 26 heavy (non-hydrogen) atoms. The van der Waals surface area contributed by atoms with E-state index >= 15 is 0 Å². The van der Waals surface area contributed by atoms with Gasteiger partial charge in [-0.1, -0.05) is 30.4 Å². The third-order valence-corrected chi connectivity index (χ3v) is 4.32. The van der Waals surface area contributed by atoms with E-state index in [1.54, 1.807) is 12.1 Å². The van der Waals surface area contributed by atoms with Crippen LogP contribution >= 0.6 is 11.3 Å². The molecule has 0 amide bonds. The van der Waals surface area contributed by atoms with Crippen LogP contribution < -0.4 is 5.43 Å². The molecule has 0 radical (unpaired) electrons. The maximum Gasteiger partial charge on any atom is 0.269 e. The molecule has 2 aromatic carbocycles. The number of amidine groups is 1. The van der Waals surface area contributed by atoms with Crippen molar-refractivity contribution in [2.75, 3.05) is 5.43 Å². The minimum absolute atomic E-state index is 0.0313. The molecule has 0 atom stereocenters. The van der Waals surface area contributed by atoms with Gasteiger partial charge in [0.1, 0.15) is 0 Å². The van der Waals surface area contributed by atoms with Gasteiger partial charge in [-0.2, -0.15) is 5.10 Å². The van der Waals surface area contributed by atoms with Crippen LogP contribution in [0.4, 0.5) is 16.5 Å². The number of hydrazone groups is 1. The van der Waals surface area contributed by atoms with E-state index in [1.165, 1.54) is 23.5 Å². The van der Waals surface area contributed by atoms with E-state index in [9.17, 15) is 10.1 Å². The molecule has 0 saturated carbocycles. The molecule has 0 fully saturated rings. The summed E-state index contributed by atoms with van der Waals surface area (Å²) in [5.74, 6) is 0.533. The Labute approximate surface area is 153 Å². The second-order valence-electron chi connectivity index (χ2n) is 5.36. The van der Waals surface area contributed by atoms with Crippen molar-refractivity contribution in [3.05, 3.63) is 58.6 Å². The number of nitro benzene ring substituents is 1. The van der Waals surface area contributed by atoms with E-state index in [-0.39, 0.29) is 5.69 Å². The van der Waals surface area contributed by atoms with Gasteiger partial charge in [-0.3, -0.25) is 15.5 Å². The van der Waals surface area contributed by atoms with Crippen LogP contribution in [0.1, 0.15) is 19.8 Å². The van der Waals surface area contributed by atoms with Crippen molar-refractivity contribution in [3.8, 4) is 0 Å². The minimum atomic E-state index is -0.443. The van der Waals surface area contributed by atoms with Crippen molar-refractivity contribution < 1.29 is 4.92 Å². The standard InChI is InChI=1S/C17H16N6O2S/c1-2-5-16(20-19-12-8-10-13(11-9-12)23(24)25)21-22-17-18-14-6-3-4-7-15(14)26-17/h3-4,6-11,19H,2,5H2,1H3/b20-16-,22-21?. The van der Waals surface area contributed by atoms with Gasteiger partial charge in [-0.25, -0.2) is 4.98 Å². The van der Waals surface area contributed by atoms with E-state index in [0.29, 0.717) is 23.1 Å². The average molecular weight is 368 g/mol. The molecule has 0 spiro atoms. The molecule has 0 aliphatic rings. The molecular formula is C17H16N6O2S. The number of nitrogens with one attached hydrogen (secondary N) is 1. The number of azo groups is 1. The Kier molecular flexibility index (Phi) is 5.59. The molecule has 9 heteroatoms. The van der Waals surface area contributed by atoms with Crippen LogP contribution in [0.15, 0.2) is 63.9 Å². The maximum absolute atomic E-state index is 10.7. The Morgan fingerprint density at radius 2 is 2.00 bits per heavy atom. The third-order valence-electron chi connectivity index (χ3n) is 3.40. The van der Waals surface area contributed by atoms with E-state index < -0.39 is 4.92 Å². The zero-order chi connectivity index (χ0) is 18.4. The SMILES string of the molecule is CCC/C(N=Nc1nc2ccccc2s1)=N/Nc1ccc([N+](=O)[O-])cc1. The first-order valence-corrected chi connectivity index (χ1v) is 8.81. The highest BCUT2D eigenvalue weighted by atomic mass is 32.1. The summed E-state index contributed by atoms with van der Waals surface area (Å²) in [6.45, 7) is 2.02. The number of rotatable bonds is 6. The number of hydrogen-bond donors (Lipinski definition) is 1. The number of fused-ring (bicyclic) bond motifs is 1. The maximum atomic E-state index is 10.7. The number of anilines is 1. The zero-order valence-corrected chi connectivity index (χ0v) is 14.8. The summed E-state index contributed by atoms with van der Waals surface area (Å²) in [4.78, 5) is 14.6. The van der Waals surface area contributed by atoms with Gasteiger partial charge in [0, 0.05) is 18.6 Å². The normalized spacial score (nSPS) is 12.0. The second-order valence-corrected chi connectivity index (χ2v) is 6.37. The molecule has 1 aromatic heterocycles. The number of para-hydroxylation sites is 1. The summed E-state index contributed by atoms with van der Waals surface area (Å²) in [7, 11) is 0. The first kappa shape index (κ1) is 17.6. The highest BCUT2D eigenvalue weighted by Gasteiger charge is 2.05. The Morgan fingerprint density at radius 3 is 2.69 bits per heavy atom. The highest BCUT2D eigenvalue weighted by Crippen LogP contribution is 2.27. The number of thiazole rings is 1. The van der Waals surface area contributed by atoms with Crippen LogP contribution in [0.2, 0.25) is 0 Å². The Morgan fingerprint density at radius 1 is 1.23 bits per heavy atom. The van der Waals surface area contributed by atoms with Gasteiger partial charge in [-0.05, 0) is 30.7 Å². The first-order chi connectivity index (χ1) is 12.7. The number of benzene rings is 2. The van der Waals surface area contributed by atoms with Gasteiger partial charge in [0.05, 0.1) is 20.8 Å². The molecule has 3 rings (SSSR count). The van der Waals surface area contributed by atoms with E-state index in [0.717, 1.165) is 16.6 Å². The van der Waals surface area contributed by atoms with Crippen LogP contribution in [-0.2, 0) is 0 Å². The Hall–Kier alpha value is -3.20. The molecular weight excluding hydrogens is 352 g/mol. The largest absolute Gasteiger partial charge is 0.277 e. The van der Waals surface area contributed by atoms with E-state index in [4.69, 9.17) is 0 Å². The lowest BCUT2D eigenvalue weighted by atomic mass is 10.3. The average Bonchev–Trinajstić information content (AvgIpc) is 3.07. The molecule has 0 bridgehead atoms. The van der Waals surface area contributed by atoms with Gasteiger partial charge < -0.3 is 0 Å². The molecule has 1 N–H and O–H groups in total. The van der Waals surface area contributed by atoms with Crippen LogP contribution in [0.5, 0.6) is 0 Å². The topological polar surface area (TPSA) is 105 Å². The first-order valence-electron chi connectivity index (χ1n) is 8.00. The van der Waals surface area contributed by atoms with Gasteiger partial charge in [0.15, 0.2) is 5.84 Å². The van der Waals surface area contributed by atoms with Crippen LogP contribution in [-0.4, -0.2) is 15.7 Å². The molecule has 0 unspecified atom stereocenters.